The molecule has 1 heterocycles. The standard InChI is InChI=1S/C21H26O5/c1-3-4-5-6-8-14-11-17-15-9-7-10-16(15)21(24)26-19(17)12-18(14)25-13(2)20(22)23/h11-13H,3-10H2,1-2H3,(H,22,23). The van der Waals surface area contributed by atoms with Crippen molar-refractivity contribution in [2.75, 3.05) is 0 Å². The molecule has 140 valence electrons. The fourth-order valence-corrected chi connectivity index (χ4v) is 3.64. The van der Waals surface area contributed by atoms with Crippen molar-refractivity contribution in [1.82, 2.24) is 0 Å². The summed E-state index contributed by atoms with van der Waals surface area (Å²) in [6.45, 7) is 3.68. The largest absolute Gasteiger partial charge is 0.479 e. The lowest BCUT2D eigenvalue weighted by Gasteiger charge is -2.16. The summed E-state index contributed by atoms with van der Waals surface area (Å²) in [6, 6.07) is 3.74. The maximum absolute atomic E-state index is 12.2. The Morgan fingerprint density at radius 2 is 2.00 bits per heavy atom. The SMILES string of the molecule is CCCCCCc1cc2c3c(c(=O)oc2cc1OC(C)C(=O)O)CCC3. The van der Waals surface area contributed by atoms with E-state index in [4.69, 9.17) is 14.3 Å². The van der Waals surface area contributed by atoms with Crippen molar-refractivity contribution in [2.24, 2.45) is 0 Å². The van der Waals surface area contributed by atoms with Crippen molar-refractivity contribution in [3.63, 3.8) is 0 Å². The maximum atomic E-state index is 12.2. The number of hydrogen-bond donors (Lipinski definition) is 1. The predicted molar refractivity (Wildman–Crippen MR) is 100 cm³/mol. The minimum Gasteiger partial charge on any atom is -0.479 e. The minimum atomic E-state index is -1.02. The first-order chi connectivity index (χ1) is 12.5. The zero-order valence-electron chi connectivity index (χ0n) is 15.5. The summed E-state index contributed by atoms with van der Waals surface area (Å²) in [5.74, 6) is -0.512. The average Bonchev–Trinajstić information content (AvgIpc) is 3.10. The first-order valence-electron chi connectivity index (χ1n) is 9.52. The Morgan fingerprint density at radius 3 is 2.73 bits per heavy atom. The molecule has 1 aromatic heterocycles. The fourth-order valence-electron chi connectivity index (χ4n) is 3.64. The molecule has 1 aromatic carbocycles. The summed E-state index contributed by atoms with van der Waals surface area (Å²) in [4.78, 5) is 23.4. The predicted octanol–water partition coefficient (Wildman–Crippen LogP) is 4.26. The Kier molecular flexibility index (Phi) is 5.64. The molecule has 1 aliphatic rings. The zero-order valence-corrected chi connectivity index (χ0v) is 15.5. The molecule has 1 N–H and O–H groups in total. The van der Waals surface area contributed by atoms with Crippen LogP contribution >= 0.6 is 0 Å². The molecule has 0 bridgehead atoms. The van der Waals surface area contributed by atoms with E-state index in [0.29, 0.717) is 11.3 Å². The van der Waals surface area contributed by atoms with E-state index in [1.54, 1.807) is 6.07 Å². The molecule has 3 rings (SSSR count). The maximum Gasteiger partial charge on any atom is 0.344 e. The molecule has 5 heteroatoms. The van der Waals surface area contributed by atoms with Gasteiger partial charge < -0.3 is 14.3 Å². The number of aryl methyl sites for hydroxylation is 2. The van der Waals surface area contributed by atoms with Crippen LogP contribution < -0.4 is 10.4 Å². The van der Waals surface area contributed by atoms with Crippen LogP contribution in [-0.4, -0.2) is 17.2 Å². The highest BCUT2D eigenvalue weighted by atomic mass is 16.5. The first-order valence-corrected chi connectivity index (χ1v) is 9.52. The average molecular weight is 358 g/mol. The molecule has 0 aliphatic heterocycles. The molecule has 0 amide bonds. The van der Waals surface area contributed by atoms with E-state index in [1.165, 1.54) is 13.3 Å². The molecule has 26 heavy (non-hydrogen) atoms. The number of aliphatic carboxylic acids is 1. The van der Waals surface area contributed by atoms with Crippen LogP contribution in [0.4, 0.5) is 0 Å². The number of unbranched alkanes of at least 4 members (excludes halogenated alkanes) is 3. The number of hydrogen-bond acceptors (Lipinski definition) is 4. The molecular formula is C21H26O5. The van der Waals surface area contributed by atoms with Crippen molar-refractivity contribution in [3.8, 4) is 5.75 Å². The van der Waals surface area contributed by atoms with Gasteiger partial charge in [-0.1, -0.05) is 26.2 Å². The molecule has 0 radical (unpaired) electrons. The quantitative estimate of drug-likeness (QED) is 0.564. The van der Waals surface area contributed by atoms with E-state index < -0.39 is 12.1 Å². The van der Waals surface area contributed by atoms with Crippen LogP contribution in [0.2, 0.25) is 0 Å². The number of benzene rings is 1. The Bertz CT molecular complexity index is 865. The van der Waals surface area contributed by atoms with Crippen LogP contribution in [0.25, 0.3) is 11.0 Å². The normalized spacial score (nSPS) is 14.4. The van der Waals surface area contributed by atoms with Gasteiger partial charge in [-0.25, -0.2) is 9.59 Å². The number of carbonyl (C=O) groups is 1. The van der Waals surface area contributed by atoms with Gasteiger partial charge in [0, 0.05) is 17.0 Å². The number of carboxylic acid groups (broad SMARTS) is 1. The Labute approximate surface area is 153 Å². The number of ether oxygens (including phenoxy) is 1. The third kappa shape index (κ3) is 3.76. The van der Waals surface area contributed by atoms with E-state index in [1.807, 2.05) is 6.07 Å². The summed E-state index contributed by atoms with van der Waals surface area (Å²) in [5.41, 5.74) is 3.08. The van der Waals surface area contributed by atoms with Crippen molar-refractivity contribution in [1.29, 1.82) is 0 Å². The summed E-state index contributed by atoms with van der Waals surface area (Å²) in [6.07, 6.45) is 7.00. The lowest BCUT2D eigenvalue weighted by molar-refractivity contribution is -0.144. The molecular weight excluding hydrogens is 332 g/mol. The van der Waals surface area contributed by atoms with E-state index in [2.05, 4.69) is 6.92 Å². The molecule has 0 fully saturated rings. The minimum absolute atomic E-state index is 0.280. The number of fused-ring (bicyclic) bond motifs is 3. The van der Waals surface area contributed by atoms with E-state index >= 15 is 0 Å². The second-order valence-corrected chi connectivity index (χ2v) is 7.07. The molecule has 1 unspecified atom stereocenters. The van der Waals surface area contributed by atoms with E-state index in [9.17, 15) is 9.59 Å². The Hall–Kier alpha value is -2.30. The van der Waals surface area contributed by atoms with Gasteiger partial charge in [-0.15, -0.1) is 0 Å². The first kappa shape index (κ1) is 18.5. The second kappa shape index (κ2) is 7.94. The van der Waals surface area contributed by atoms with Gasteiger partial charge in [-0.3, -0.25) is 0 Å². The van der Waals surface area contributed by atoms with E-state index in [-0.39, 0.29) is 5.63 Å². The molecule has 1 aliphatic carbocycles. The van der Waals surface area contributed by atoms with Crippen LogP contribution in [0.3, 0.4) is 0 Å². The molecule has 2 aromatic rings. The second-order valence-electron chi connectivity index (χ2n) is 7.07. The summed E-state index contributed by atoms with van der Waals surface area (Å²) in [7, 11) is 0. The Balaban J connectivity index is 2.02. The highest BCUT2D eigenvalue weighted by Gasteiger charge is 2.22. The lowest BCUT2D eigenvalue weighted by atomic mass is 10.00. The van der Waals surface area contributed by atoms with Crippen molar-refractivity contribution in [2.45, 2.75) is 71.3 Å². The van der Waals surface area contributed by atoms with Crippen LogP contribution in [-0.2, 0) is 24.1 Å². The van der Waals surface area contributed by atoms with Crippen LogP contribution in [0, 0.1) is 0 Å². The van der Waals surface area contributed by atoms with Gasteiger partial charge in [0.25, 0.3) is 0 Å². The molecule has 1 atom stereocenters. The summed E-state index contributed by atoms with van der Waals surface area (Å²) >= 11 is 0. The van der Waals surface area contributed by atoms with Crippen LogP contribution in [0.5, 0.6) is 5.75 Å². The van der Waals surface area contributed by atoms with Crippen LogP contribution in [0.1, 0.15) is 62.6 Å². The highest BCUT2D eigenvalue weighted by molar-refractivity contribution is 5.84. The van der Waals surface area contributed by atoms with Gasteiger partial charge in [0.2, 0.25) is 0 Å². The fraction of sp³-hybridized carbons (Fsp3) is 0.524. The number of rotatable bonds is 8. The van der Waals surface area contributed by atoms with E-state index in [0.717, 1.165) is 67.0 Å². The third-order valence-corrected chi connectivity index (χ3v) is 5.11. The van der Waals surface area contributed by atoms with Gasteiger partial charge in [0.15, 0.2) is 6.10 Å². The summed E-state index contributed by atoms with van der Waals surface area (Å²) in [5, 5.41) is 10.1. The third-order valence-electron chi connectivity index (χ3n) is 5.11. The van der Waals surface area contributed by atoms with Crippen molar-refractivity contribution < 1.29 is 19.1 Å². The van der Waals surface area contributed by atoms with Gasteiger partial charge in [-0.2, -0.15) is 0 Å². The topological polar surface area (TPSA) is 76.7 Å². The van der Waals surface area contributed by atoms with Gasteiger partial charge >= 0.3 is 11.6 Å². The van der Waals surface area contributed by atoms with Gasteiger partial charge in [-0.05, 0) is 56.2 Å². The van der Waals surface area contributed by atoms with Crippen molar-refractivity contribution >= 4 is 16.9 Å². The van der Waals surface area contributed by atoms with Gasteiger partial charge in [0.05, 0.1) is 0 Å². The highest BCUT2D eigenvalue weighted by Crippen LogP contribution is 2.33. The summed E-state index contributed by atoms with van der Waals surface area (Å²) < 4.78 is 11.2. The lowest BCUT2D eigenvalue weighted by Crippen LogP contribution is -2.23. The van der Waals surface area contributed by atoms with Crippen LogP contribution in [0.15, 0.2) is 21.3 Å². The smallest absolute Gasteiger partial charge is 0.344 e. The molecule has 0 spiro atoms. The molecule has 0 saturated heterocycles. The van der Waals surface area contributed by atoms with Gasteiger partial charge in [0.1, 0.15) is 11.3 Å². The monoisotopic (exact) mass is 358 g/mol. The van der Waals surface area contributed by atoms with Crippen molar-refractivity contribution in [3.05, 3.63) is 39.2 Å². The number of carboxylic acids is 1. The zero-order chi connectivity index (χ0) is 18.7. The molecule has 5 nitrogen and oxygen atoms in total. The Morgan fingerprint density at radius 1 is 1.23 bits per heavy atom. The molecule has 0 saturated carbocycles.